The van der Waals surface area contributed by atoms with Crippen LogP contribution in [0.4, 0.5) is 0 Å². The van der Waals surface area contributed by atoms with Crippen LogP contribution >= 0.6 is 15.9 Å². The van der Waals surface area contributed by atoms with E-state index < -0.39 is 5.97 Å². The Kier molecular flexibility index (Phi) is 5.57. The van der Waals surface area contributed by atoms with Crippen LogP contribution in [0, 0.1) is 0 Å². The number of carboxylic acids is 1. The second kappa shape index (κ2) is 7.20. The molecule has 1 aromatic rings. The molecule has 0 bridgehead atoms. The summed E-state index contributed by atoms with van der Waals surface area (Å²) in [5.74, 6) is -0.747. The van der Waals surface area contributed by atoms with Crippen molar-refractivity contribution in [1.82, 2.24) is 9.80 Å². The largest absolute Gasteiger partial charge is 0.480 e. The Morgan fingerprint density at radius 2 is 2.05 bits per heavy atom. The summed E-state index contributed by atoms with van der Waals surface area (Å²) >= 11 is 3.59. The highest BCUT2D eigenvalue weighted by molar-refractivity contribution is 9.10. The summed E-state index contributed by atoms with van der Waals surface area (Å²) in [6.45, 7) is 3.14. The van der Waals surface area contributed by atoms with Crippen molar-refractivity contribution in [2.24, 2.45) is 0 Å². The van der Waals surface area contributed by atoms with E-state index in [1.807, 2.05) is 18.0 Å². The quantitative estimate of drug-likeness (QED) is 0.893. The van der Waals surface area contributed by atoms with Gasteiger partial charge in [-0.3, -0.25) is 14.6 Å². The Balaban J connectivity index is 1.83. The van der Waals surface area contributed by atoms with Crippen molar-refractivity contribution in [3.8, 4) is 0 Å². The third-order valence-corrected chi connectivity index (χ3v) is 4.69. The van der Waals surface area contributed by atoms with E-state index >= 15 is 0 Å². The number of carboxylic acid groups (broad SMARTS) is 1. The number of aliphatic carboxylic acids is 1. The number of likely N-dealkylation sites (tertiary alicyclic amines) is 1. The molecule has 1 heterocycles. The minimum Gasteiger partial charge on any atom is -0.480 e. The third-order valence-electron chi connectivity index (χ3n) is 3.92. The second-order valence-corrected chi connectivity index (χ2v) is 6.26. The van der Waals surface area contributed by atoms with Crippen molar-refractivity contribution in [1.29, 1.82) is 0 Å². The molecule has 0 saturated carbocycles. The van der Waals surface area contributed by atoms with Gasteiger partial charge in [-0.2, -0.15) is 0 Å². The highest BCUT2D eigenvalue weighted by atomic mass is 79.9. The molecule has 1 N–H and O–H groups in total. The zero-order chi connectivity index (χ0) is 14.5. The van der Waals surface area contributed by atoms with Crippen LogP contribution in [0.2, 0.25) is 0 Å². The normalized spacial score (nSPS) is 17.6. The molecule has 1 aliphatic rings. The molecule has 20 heavy (non-hydrogen) atoms. The first-order chi connectivity index (χ1) is 9.56. The van der Waals surface area contributed by atoms with Crippen molar-refractivity contribution >= 4 is 21.9 Å². The molecule has 1 aromatic carbocycles. The molecule has 0 unspecified atom stereocenters. The van der Waals surface area contributed by atoms with Gasteiger partial charge >= 0.3 is 5.97 Å². The lowest BCUT2D eigenvalue weighted by molar-refractivity contribution is -0.138. The summed E-state index contributed by atoms with van der Waals surface area (Å²) in [5, 5.41) is 8.83. The fourth-order valence-electron chi connectivity index (χ4n) is 2.73. The highest BCUT2D eigenvalue weighted by Crippen LogP contribution is 2.21. The molecule has 5 heteroatoms. The number of carbonyl (C=O) groups is 1. The molecule has 0 aromatic heterocycles. The summed E-state index contributed by atoms with van der Waals surface area (Å²) in [4.78, 5) is 15.1. The average Bonchev–Trinajstić information content (AvgIpc) is 2.41. The van der Waals surface area contributed by atoms with Gasteiger partial charge in [0.15, 0.2) is 0 Å². The van der Waals surface area contributed by atoms with Crippen LogP contribution in [0.3, 0.4) is 0 Å². The van der Waals surface area contributed by atoms with Gasteiger partial charge in [0.05, 0.1) is 6.54 Å². The van der Waals surface area contributed by atoms with Crippen LogP contribution in [-0.2, 0) is 11.3 Å². The average molecular weight is 341 g/mol. The number of halogens is 1. The lowest BCUT2D eigenvalue weighted by Crippen LogP contribution is -2.44. The summed E-state index contributed by atoms with van der Waals surface area (Å²) in [6.07, 6.45) is 2.07. The highest BCUT2D eigenvalue weighted by Gasteiger charge is 2.23. The number of likely N-dealkylation sites (N-methyl/N-ethyl adjacent to an activating group) is 1. The maximum Gasteiger partial charge on any atom is 0.317 e. The monoisotopic (exact) mass is 340 g/mol. The van der Waals surface area contributed by atoms with Crippen molar-refractivity contribution in [2.75, 3.05) is 26.7 Å². The summed E-state index contributed by atoms with van der Waals surface area (Å²) in [5.41, 5.74) is 1.31. The molecule has 0 radical (unpaired) electrons. The fourth-order valence-corrected chi connectivity index (χ4v) is 3.14. The zero-order valence-electron chi connectivity index (χ0n) is 11.8. The summed E-state index contributed by atoms with van der Waals surface area (Å²) in [6, 6.07) is 8.70. The Morgan fingerprint density at radius 3 is 2.65 bits per heavy atom. The maximum absolute atomic E-state index is 10.7. The predicted molar refractivity (Wildman–Crippen MR) is 82.7 cm³/mol. The molecule has 2 rings (SSSR count). The topological polar surface area (TPSA) is 43.8 Å². The molecular formula is C15H21BrN2O2. The smallest absolute Gasteiger partial charge is 0.317 e. The molecular weight excluding hydrogens is 320 g/mol. The van der Waals surface area contributed by atoms with Gasteiger partial charge in [-0.15, -0.1) is 0 Å². The van der Waals surface area contributed by atoms with Gasteiger partial charge in [-0.1, -0.05) is 34.1 Å². The molecule has 4 nitrogen and oxygen atoms in total. The van der Waals surface area contributed by atoms with Gasteiger partial charge < -0.3 is 5.11 Å². The second-order valence-electron chi connectivity index (χ2n) is 5.41. The van der Waals surface area contributed by atoms with E-state index in [2.05, 4.69) is 39.0 Å². The number of hydrogen-bond acceptors (Lipinski definition) is 3. The molecule has 0 aliphatic carbocycles. The first kappa shape index (κ1) is 15.5. The lowest BCUT2D eigenvalue weighted by Gasteiger charge is -2.36. The van der Waals surface area contributed by atoms with E-state index in [4.69, 9.17) is 5.11 Å². The Bertz CT molecular complexity index is 459. The lowest BCUT2D eigenvalue weighted by atomic mass is 10.0. The Morgan fingerprint density at radius 1 is 1.40 bits per heavy atom. The van der Waals surface area contributed by atoms with Gasteiger partial charge in [-0.25, -0.2) is 0 Å². The van der Waals surface area contributed by atoms with Crippen molar-refractivity contribution < 1.29 is 9.90 Å². The van der Waals surface area contributed by atoms with Crippen LogP contribution in [0.5, 0.6) is 0 Å². The number of nitrogens with zero attached hydrogens (tertiary/aromatic N) is 2. The first-order valence-electron chi connectivity index (χ1n) is 6.94. The predicted octanol–water partition coefficient (Wildman–Crippen LogP) is 2.43. The minimum absolute atomic E-state index is 0.134. The third kappa shape index (κ3) is 4.30. The van der Waals surface area contributed by atoms with Gasteiger partial charge in [0.2, 0.25) is 0 Å². The number of hydrogen-bond donors (Lipinski definition) is 1. The maximum atomic E-state index is 10.7. The molecule has 1 aliphatic heterocycles. The standard InChI is InChI=1S/C15H21BrN2O2/c1-17(11-15(19)20)13-6-8-18(9-7-13)10-12-4-2-3-5-14(12)16/h2-5,13H,6-11H2,1H3,(H,19,20). The molecule has 1 fully saturated rings. The van der Waals surface area contributed by atoms with E-state index in [1.165, 1.54) is 5.56 Å². The van der Waals surface area contributed by atoms with Gasteiger partial charge in [0.1, 0.15) is 0 Å². The summed E-state index contributed by atoms with van der Waals surface area (Å²) in [7, 11) is 1.90. The number of benzene rings is 1. The van der Waals surface area contributed by atoms with Crippen LogP contribution in [0.1, 0.15) is 18.4 Å². The fraction of sp³-hybridized carbons (Fsp3) is 0.533. The molecule has 0 spiro atoms. The number of rotatable bonds is 5. The van der Waals surface area contributed by atoms with Crippen LogP contribution in [0.25, 0.3) is 0 Å². The zero-order valence-corrected chi connectivity index (χ0v) is 13.3. The van der Waals surface area contributed by atoms with E-state index in [0.29, 0.717) is 6.04 Å². The molecule has 0 amide bonds. The minimum atomic E-state index is -0.747. The van der Waals surface area contributed by atoms with Gasteiger partial charge in [-0.05, 0) is 44.6 Å². The van der Waals surface area contributed by atoms with Crippen LogP contribution < -0.4 is 0 Å². The Hall–Kier alpha value is -0.910. The van der Waals surface area contributed by atoms with E-state index in [9.17, 15) is 4.79 Å². The summed E-state index contributed by atoms with van der Waals surface area (Å²) < 4.78 is 1.16. The van der Waals surface area contributed by atoms with Crippen LogP contribution in [-0.4, -0.2) is 53.6 Å². The molecule has 0 atom stereocenters. The van der Waals surface area contributed by atoms with Crippen molar-refractivity contribution in [3.05, 3.63) is 34.3 Å². The molecule has 1 saturated heterocycles. The van der Waals surface area contributed by atoms with Gasteiger partial charge in [0, 0.05) is 17.1 Å². The van der Waals surface area contributed by atoms with E-state index in [1.54, 1.807) is 0 Å². The number of piperidine rings is 1. The van der Waals surface area contributed by atoms with E-state index in [0.717, 1.165) is 36.9 Å². The van der Waals surface area contributed by atoms with Crippen molar-refractivity contribution in [3.63, 3.8) is 0 Å². The van der Waals surface area contributed by atoms with Gasteiger partial charge in [0.25, 0.3) is 0 Å². The van der Waals surface area contributed by atoms with E-state index in [-0.39, 0.29) is 6.54 Å². The van der Waals surface area contributed by atoms with Crippen LogP contribution in [0.15, 0.2) is 28.7 Å². The Labute approximate surface area is 128 Å². The van der Waals surface area contributed by atoms with Crippen molar-refractivity contribution in [2.45, 2.75) is 25.4 Å². The first-order valence-corrected chi connectivity index (χ1v) is 7.73. The molecule has 110 valence electrons. The SMILES string of the molecule is CN(CC(=O)O)C1CCN(Cc2ccccc2Br)CC1.